The van der Waals surface area contributed by atoms with E-state index in [2.05, 4.69) is 22.0 Å². The van der Waals surface area contributed by atoms with Crippen LogP contribution in [0.3, 0.4) is 0 Å². The first-order valence-corrected chi connectivity index (χ1v) is 11.6. The van der Waals surface area contributed by atoms with Crippen LogP contribution in [0.15, 0.2) is 41.9 Å². The number of alkyl halides is 3. The van der Waals surface area contributed by atoms with E-state index in [1.54, 1.807) is 23.6 Å². The van der Waals surface area contributed by atoms with Crippen LogP contribution in [0.4, 0.5) is 18.9 Å². The molecule has 0 bridgehead atoms. The third kappa shape index (κ3) is 4.11. The highest BCUT2D eigenvalue weighted by Crippen LogP contribution is 2.37. The van der Waals surface area contributed by atoms with Crippen LogP contribution in [0.25, 0.3) is 21.6 Å². The number of anilines is 1. The monoisotopic (exact) mass is 472 g/mol. The Balaban J connectivity index is 1.66. The first-order chi connectivity index (χ1) is 15.8. The van der Waals surface area contributed by atoms with E-state index in [9.17, 15) is 13.2 Å². The average Bonchev–Trinajstić information content (AvgIpc) is 3.43. The molecule has 9 heteroatoms. The normalized spacial score (nSPS) is 14.9. The number of thiazole rings is 1. The summed E-state index contributed by atoms with van der Waals surface area (Å²) in [5, 5.41) is 2.80. The maximum Gasteiger partial charge on any atom is 0.416 e. The van der Waals surface area contributed by atoms with Crippen LogP contribution in [0.1, 0.15) is 22.5 Å². The molecular weight excluding hydrogens is 449 g/mol. The summed E-state index contributed by atoms with van der Waals surface area (Å²) < 4.78 is 47.9. The maximum absolute atomic E-state index is 13.5. The molecule has 5 rings (SSSR count). The molecule has 172 valence electrons. The SMILES string of the molecule is Cc1c(Cn2c(C)nc3c(-c4nccs4)cc(N4CCOCC4)cc32)cccc1C(F)(F)F. The number of fused-ring (bicyclic) bond motifs is 1. The van der Waals surface area contributed by atoms with Crippen molar-refractivity contribution in [2.24, 2.45) is 0 Å². The molecule has 3 heterocycles. The van der Waals surface area contributed by atoms with E-state index in [1.165, 1.54) is 13.0 Å². The average molecular weight is 473 g/mol. The molecule has 5 nitrogen and oxygen atoms in total. The fraction of sp³-hybridized carbons (Fsp3) is 0.333. The number of benzene rings is 2. The van der Waals surface area contributed by atoms with Crippen LogP contribution in [0.5, 0.6) is 0 Å². The molecule has 2 aromatic carbocycles. The van der Waals surface area contributed by atoms with Gasteiger partial charge in [-0.1, -0.05) is 12.1 Å². The van der Waals surface area contributed by atoms with Crippen molar-refractivity contribution in [2.45, 2.75) is 26.6 Å². The zero-order valence-corrected chi connectivity index (χ0v) is 19.1. The summed E-state index contributed by atoms with van der Waals surface area (Å²) >= 11 is 1.54. The first kappa shape index (κ1) is 21.9. The molecule has 0 unspecified atom stereocenters. The van der Waals surface area contributed by atoms with Crippen LogP contribution >= 0.6 is 11.3 Å². The quantitative estimate of drug-likeness (QED) is 0.383. The van der Waals surface area contributed by atoms with Crippen molar-refractivity contribution in [3.05, 3.63) is 64.4 Å². The van der Waals surface area contributed by atoms with Crippen molar-refractivity contribution in [3.63, 3.8) is 0 Å². The van der Waals surface area contributed by atoms with E-state index in [0.717, 1.165) is 52.3 Å². The molecule has 0 saturated carbocycles. The van der Waals surface area contributed by atoms with Gasteiger partial charge in [0, 0.05) is 42.5 Å². The molecule has 0 N–H and O–H groups in total. The van der Waals surface area contributed by atoms with Crippen molar-refractivity contribution in [2.75, 3.05) is 31.2 Å². The molecule has 4 aromatic rings. The van der Waals surface area contributed by atoms with Gasteiger partial charge in [0.25, 0.3) is 0 Å². The number of aryl methyl sites for hydroxylation is 1. The lowest BCUT2D eigenvalue weighted by Gasteiger charge is -2.29. The van der Waals surface area contributed by atoms with Crippen molar-refractivity contribution >= 4 is 28.1 Å². The van der Waals surface area contributed by atoms with Crippen molar-refractivity contribution in [3.8, 4) is 10.6 Å². The number of hydrogen-bond acceptors (Lipinski definition) is 5. The topological polar surface area (TPSA) is 43.2 Å². The first-order valence-electron chi connectivity index (χ1n) is 10.7. The second-order valence-corrected chi connectivity index (χ2v) is 9.02. The zero-order chi connectivity index (χ0) is 23.2. The number of morpholine rings is 1. The van der Waals surface area contributed by atoms with E-state index in [4.69, 9.17) is 9.72 Å². The summed E-state index contributed by atoms with van der Waals surface area (Å²) in [4.78, 5) is 11.6. The minimum absolute atomic E-state index is 0.246. The van der Waals surface area contributed by atoms with Gasteiger partial charge >= 0.3 is 6.18 Å². The van der Waals surface area contributed by atoms with Crippen LogP contribution in [0.2, 0.25) is 0 Å². The molecule has 0 radical (unpaired) electrons. The Morgan fingerprint density at radius 3 is 2.61 bits per heavy atom. The summed E-state index contributed by atoms with van der Waals surface area (Å²) in [6, 6.07) is 8.55. The van der Waals surface area contributed by atoms with E-state index in [0.29, 0.717) is 25.3 Å². The summed E-state index contributed by atoms with van der Waals surface area (Å²) in [7, 11) is 0. The van der Waals surface area contributed by atoms with Crippen LogP contribution in [-0.4, -0.2) is 40.8 Å². The third-order valence-electron chi connectivity index (χ3n) is 6.15. The lowest BCUT2D eigenvalue weighted by Crippen LogP contribution is -2.36. The Hall–Kier alpha value is -2.91. The Bertz CT molecular complexity index is 1290. The number of ether oxygens (including phenoxy) is 1. The molecule has 1 fully saturated rings. The Kier molecular flexibility index (Phi) is 5.62. The van der Waals surface area contributed by atoms with Gasteiger partial charge in [0.05, 0.1) is 29.8 Å². The standard InChI is InChI=1S/C24H23F3N4OS/c1-15-17(4-3-5-20(15)24(25,26)27)14-31-16(2)29-22-19(23-28-6-11-33-23)12-18(13-21(22)31)30-7-9-32-10-8-30/h3-6,11-13H,7-10,14H2,1-2H3. The van der Waals surface area contributed by atoms with Gasteiger partial charge in [-0.15, -0.1) is 11.3 Å². The third-order valence-corrected chi connectivity index (χ3v) is 6.95. The van der Waals surface area contributed by atoms with Gasteiger partial charge in [-0.3, -0.25) is 0 Å². The van der Waals surface area contributed by atoms with Gasteiger partial charge < -0.3 is 14.2 Å². The highest BCUT2D eigenvalue weighted by Gasteiger charge is 2.33. The molecule has 2 aromatic heterocycles. The molecule has 33 heavy (non-hydrogen) atoms. The van der Waals surface area contributed by atoms with Crippen molar-refractivity contribution < 1.29 is 17.9 Å². The Labute approximate surface area is 193 Å². The van der Waals surface area contributed by atoms with Gasteiger partial charge in [-0.05, 0) is 43.2 Å². The van der Waals surface area contributed by atoms with E-state index < -0.39 is 11.7 Å². The van der Waals surface area contributed by atoms with Gasteiger partial charge in [0.1, 0.15) is 10.8 Å². The second-order valence-electron chi connectivity index (χ2n) is 8.13. The number of rotatable bonds is 4. The van der Waals surface area contributed by atoms with Gasteiger partial charge in [0.2, 0.25) is 0 Å². The smallest absolute Gasteiger partial charge is 0.378 e. The lowest BCUT2D eigenvalue weighted by molar-refractivity contribution is -0.138. The summed E-state index contributed by atoms with van der Waals surface area (Å²) in [5.41, 5.74) is 3.95. The van der Waals surface area contributed by atoms with Gasteiger partial charge in [-0.25, -0.2) is 9.97 Å². The number of nitrogens with zero attached hydrogens (tertiary/aromatic N) is 4. The Morgan fingerprint density at radius 1 is 1.12 bits per heavy atom. The molecule has 1 aliphatic rings. The highest BCUT2D eigenvalue weighted by molar-refractivity contribution is 7.13. The molecule has 1 saturated heterocycles. The largest absolute Gasteiger partial charge is 0.416 e. The fourth-order valence-corrected chi connectivity index (χ4v) is 5.03. The zero-order valence-electron chi connectivity index (χ0n) is 18.3. The van der Waals surface area contributed by atoms with Crippen LogP contribution < -0.4 is 4.90 Å². The van der Waals surface area contributed by atoms with Crippen molar-refractivity contribution in [1.29, 1.82) is 0 Å². The maximum atomic E-state index is 13.5. The van der Waals surface area contributed by atoms with E-state index in [-0.39, 0.29) is 5.56 Å². The molecule has 0 spiro atoms. The summed E-state index contributed by atoms with van der Waals surface area (Å²) in [6.07, 6.45) is -2.61. The fourth-order valence-electron chi connectivity index (χ4n) is 4.38. The summed E-state index contributed by atoms with van der Waals surface area (Å²) in [5.74, 6) is 0.749. The number of aromatic nitrogens is 3. The number of imidazole rings is 1. The van der Waals surface area contributed by atoms with Gasteiger partial charge in [0.15, 0.2) is 0 Å². The minimum Gasteiger partial charge on any atom is -0.378 e. The number of halogens is 3. The molecule has 0 atom stereocenters. The molecule has 1 aliphatic heterocycles. The van der Waals surface area contributed by atoms with E-state index in [1.807, 2.05) is 16.9 Å². The van der Waals surface area contributed by atoms with Crippen LogP contribution in [-0.2, 0) is 17.5 Å². The van der Waals surface area contributed by atoms with Crippen LogP contribution in [0, 0.1) is 13.8 Å². The minimum atomic E-state index is -4.38. The predicted octanol–water partition coefficient (Wildman–Crippen LogP) is 5.68. The Morgan fingerprint density at radius 2 is 1.91 bits per heavy atom. The summed E-state index contributed by atoms with van der Waals surface area (Å²) in [6.45, 7) is 6.61. The number of hydrogen-bond donors (Lipinski definition) is 0. The molecule has 0 aliphatic carbocycles. The lowest BCUT2D eigenvalue weighted by atomic mass is 10.0. The van der Waals surface area contributed by atoms with Crippen molar-refractivity contribution in [1.82, 2.24) is 14.5 Å². The van der Waals surface area contributed by atoms with E-state index >= 15 is 0 Å². The molecular formula is C24H23F3N4OS. The predicted molar refractivity (Wildman–Crippen MR) is 124 cm³/mol. The van der Waals surface area contributed by atoms with Gasteiger partial charge in [-0.2, -0.15) is 13.2 Å². The molecule has 0 amide bonds. The highest BCUT2D eigenvalue weighted by atomic mass is 32.1. The second kappa shape index (κ2) is 8.46.